The van der Waals surface area contributed by atoms with Gasteiger partial charge in [-0.1, -0.05) is 12.1 Å². The molecule has 43 heavy (non-hydrogen) atoms. The Bertz CT molecular complexity index is 1960. The molecule has 6 aromatic rings. The van der Waals surface area contributed by atoms with E-state index in [-0.39, 0.29) is 12.2 Å². The number of nitrogens with one attached hydrogen (secondary N) is 1. The van der Waals surface area contributed by atoms with Gasteiger partial charge in [-0.05, 0) is 72.8 Å². The molecule has 212 valence electrons. The number of nitrogens with zero attached hydrogens (tertiary/aromatic N) is 4. The van der Waals surface area contributed by atoms with Gasteiger partial charge in [0.25, 0.3) is 0 Å². The van der Waals surface area contributed by atoms with Crippen LogP contribution in [0.2, 0.25) is 0 Å². The quantitative estimate of drug-likeness (QED) is 0.193. The summed E-state index contributed by atoms with van der Waals surface area (Å²) in [7, 11) is 1.35. The second kappa shape index (κ2) is 11.9. The summed E-state index contributed by atoms with van der Waals surface area (Å²) in [4.78, 5) is 24.6. The van der Waals surface area contributed by atoms with E-state index in [1.54, 1.807) is 30.3 Å². The molecular formula is C33H24FN5O4. The molecule has 0 saturated heterocycles. The zero-order valence-electron chi connectivity index (χ0n) is 23.0. The highest BCUT2D eigenvalue weighted by Gasteiger charge is 2.17. The van der Waals surface area contributed by atoms with E-state index in [9.17, 15) is 9.18 Å². The van der Waals surface area contributed by atoms with Crippen molar-refractivity contribution in [1.82, 2.24) is 19.5 Å². The fraction of sp³-hybridized carbons (Fsp3) is 0.0909. The topological polar surface area (TPSA) is 115 Å². The number of rotatable bonds is 9. The van der Waals surface area contributed by atoms with Crippen LogP contribution in [-0.4, -0.2) is 32.6 Å². The first kappa shape index (κ1) is 27.2. The number of imidazole rings is 1. The lowest BCUT2D eigenvalue weighted by Crippen LogP contribution is -2.04. The Morgan fingerprint density at radius 3 is 2.60 bits per heavy atom. The number of esters is 1. The normalized spacial score (nSPS) is 10.8. The van der Waals surface area contributed by atoms with Gasteiger partial charge in [-0.3, -0.25) is 4.57 Å². The SMILES string of the molecule is COC(=O)c1ccc2nc(Oc3ccc(-c4cccc(OCc5ccc(C#N)cc5F)n4)cc3)n(Cc3ccc[nH]3)c2c1. The summed E-state index contributed by atoms with van der Waals surface area (Å²) in [5.41, 5.74) is 4.83. The molecule has 0 radical (unpaired) electrons. The standard InChI is InChI=1S/C33H24FN5O4/c1-41-32(40)23-11-14-29-30(17-23)39(19-25-4-3-15-36-25)33(38-29)43-26-12-9-22(10-13-26)28-5-2-6-31(37-28)42-20-24-8-7-21(18-35)16-27(24)34/h2-17,36H,19-20H2,1H3. The van der Waals surface area contributed by atoms with E-state index in [2.05, 4.69) is 15.0 Å². The molecule has 0 atom stereocenters. The van der Waals surface area contributed by atoms with Crippen molar-refractivity contribution in [2.24, 2.45) is 0 Å². The van der Waals surface area contributed by atoms with Crippen molar-refractivity contribution >= 4 is 17.0 Å². The third-order valence-corrected chi connectivity index (χ3v) is 6.77. The first-order valence-corrected chi connectivity index (χ1v) is 13.3. The molecule has 10 heteroatoms. The molecule has 9 nitrogen and oxygen atoms in total. The molecule has 0 spiro atoms. The zero-order chi connectivity index (χ0) is 29.8. The van der Waals surface area contributed by atoms with Gasteiger partial charge in [-0.2, -0.15) is 10.2 Å². The number of halogens is 1. The van der Waals surface area contributed by atoms with Crippen LogP contribution in [0.1, 0.15) is 27.2 Å². The number of hydrogen-bond acceptors (Lipinski definition) is 7. The largest absolute Gasteiger partial charge is 0.473 e. The molecule has 3 heterocycles. The number of pyridine rings is 1. The number of H-pyrrole nitrogens is 1. The summed E-state index contributed by atoms with van der Waals surface area (Å²) < 4.78 is 33.0. The number of carbonyl (C=O) groups is 1. The molecular weight excluding hydrogens is 549 g/mol. The number of ether oxygens (including phenoxy) is 3. The van der Waals surface area contributed by atoms with Gasteiger partial charge in [0.15, 0.2) is 0 Å². The van der Waals surface area contributed by atoms with Crippen LogP contribution in [0.3, 0.4) is 0 Å². The first-order chi connectivity index (χ1) is 21.0. The fourth-order valence-corrected chi connectivity index (χ4v) is 4.55. The zero-order valence-corrected chi connectivity index (χ0v) is 23.0. The van der Waals surface area contributed by atoms with Gasteiger partial charge in [-0.25, -0.2) is 14.2 Å². The molecule has 0 saturated carbocycles. The second-order valence-corrected chi connectivity index (χ2v) is 9.57. The highest BCUT2D eigenvalue weighted by Crippen LogP contribution is 2.30. The average molecular weight is 574 g/mol. The predicted octanol–water partition coefficient (Wildman–Crippen LogP) is 6.64. The van der Waals surface area contributed by atoms with Crippen molar-refractivity contribution in [2.75, 3.05) is 7.11 Å². The lowest BCUT2D eigenvalue weighted by Gasteiger charge is -2.11. The molecule has 0 aliphatic heterocycles. The predicted molar refractivity (Wildman–Crippen MR) is 156 cm³/mol. The monoisotopic (exact) mass is 573 g/mol. The number of benzene rings is 3. The van der Waals surface area contributed by atoms with E-state index in [1.165, 1.54) is 19.2 Å². The number of carbonyl (C=O) groups excluding carboxylic acids is 1. The maximum Gasteiger partial charge on any atom is 0.337 e. The number of aromatic amines is 1. The Morgan fingerprint density at radius 2 is 1.86 bits per heavy atom. The summed E-state index contributed by atoms with van der Waals surface area (Å²) in [5, 5.41) is 8.93. The van der Waals surface area contributed by atoms with Crippen LogP contribution in [0.15, 0.2) is 97.2 Å². The van der Waals surface area contributed by atoms with Crippen LogP contribution in [0.4, 0.5) is 4.39 Å². The lowest BCUT2D eigenvalue weighted by molar-refractivity contribution is 0.0601. The maximum absolute atomic E-state index is 14.2. The van der Waals surface area contributed by atoms with E-state index < -0.39 is 11.8 Å². The van der Waals surface area contributed by atoms with E-state index in [1.807, 2.05) is 65.4 Å². The van der Waals surface area contributed by atoms with Crippen LogP contribution in [0.5, 0.6) is 17.6 Å². The summed E-state index contributed by atoms with van der Waals surface area (Å²) in [5.74, 6) is -0.0390. The average Bonchev–Trinajstić information content (AvgIpc) is 3.68. The Kier molecular flexibility index (Phi) is 7.53. The van der Waals surface area contributed by atoms with Crippen molar-refractivity contribution in [2.45, 2.75) is 13.2 Å². The van der Waals surface area contributed by atoms with Crippen LogP contribution in [0.25, 0.3) is 22.3 Å². The molecule has 6 rings (SSSR count). The highest BCUT2D eigenvalue weighted by atomic mass is 19.1. The van der Waals surface area contributed by atoms with Crippen molar-refractivity contribution in [3.63, 3.8) is 0 Å². The van der Waals surface area contributed by atoms with E-state index in [0.717, 1.165) is 16.8 Å². The smallest absolute Gasteiger partial charge is 0.337 e. The van der Waals surface area contributed by atoms with E-state index in [4.69, 9.17) is 19.5 Å². The van der Waals surface area contributed by atoms with Crippen molar-refractivity contribution in [1.29, 1.82) is 5.26 Å². The number of aromatic nitrogens is 4. The minimum atomic E-state index is -0.504. The van der Waals surface area contributed by atoms with Gasteiger partial charge in [0.1, 0.15) is 18.2 Å². The number of methoxy groups -OCH3 is 1. The minimum Gasteiger partial charge on any atom is -0.473 e. The summed E-state index contributed by atoms with van der Waals surface area (Å²) in [6.45, 7) is 0.427. The number of nitriles is 1. The van der Waals surface area contributed by atoms with Crippen LogP contribution in [0, 0.1) is 17.1 Å². The van der Waals surface area contributed by atoms with Crippen LogP contribution >= 0.6 is 0 Å². The van der Waals surface area contributed by atoms with E-state index in [0.29, 0.717) is 46.5 Å². The number of hydrogen-bond donors (Lipinski definition) is 1. The molecule has 0 aliphatic rings. The third-order valence-electron chi connectivity index (χ3n) is 6.77. The van der Waals surface area contributed by atoms with Gasteiger partial charge in [0, 0.05) is 29.1 Å². The van der Waals surface area contributed by atoms with Gasteiger partial charge >= 0.3 is 12.0 Å². The minimum absolute atomic E-state index is 0.0224. The Balaban J connectivity index is 1.22. The molecule has 1 N–H and O–H groups in total. The van der Waals surface area contributed by atoms with Crippen LogP contribution < -0.4 is 9.47 Å². The van der Waals surface area contributed by atoms with Gasteiger partial charge < -0.3 is 19.2 Å². The molecule has 0 aliphatic carbocycles. The van der Waals surface area contributed by atoms with E-state index >= 15 is 0 Å². The van der Waals surface area contributed by atoms with Gasteiger partial charge in [-0.15, -0.1) is 0 Å². The molecule has 0 fully saturated rings. The van der Waals surface area contributed by atoms with Gasteiger partial charge in [0.2, 0.25) is 5.88 Å². The maximum atomic E-state index is 14.2. The highest BCUT2D eigenvalue weighted by molar-refractivity contribution is 5.94. The summed E-state index contributed by atoms with van der Waals surface area (Å²) in [6.07, 6.45) is 1.84. The number of fused-ring (bicyclic) bond motifs is 1. The van der Waals surface area contributed by atoms with Crippen LogP contribution in [-0.2, 0) is 17.9 Å². The molecule has 3 aromatic heterocycles. The summed E-state index contributed by atoms with van der Waals surface area (Å²) in [6, 6.07) is 28.3. The Hall–Kier alpha value is -5.95. The first-order valence-electron chi connectivity index (χ1n) is 13.3. The Labute approximate surface area is 245 Å². The second-order valence-electron chi connectivity index (χ2n) is 9.57. The molecule has 0 bridgehead atoms. The lowest BCUT2D eigenvalue weighted by atomic mass is 10.1. The summed E-state index contributed by atoms with van der Waals surface area (Å²) >= 11 is 0. The molecule has 0 amide bonds. The van der Waals surface area contributed by atoms with Crippen molar-refractivity contribution in [3.05, 3.63) is 125 Å². The Morgan fingerprint density at radius 1 is 1.00 bits per heavy atom. The van der Waals surface area contributed by atoms with Crippen molar-refractivity contribution < 1.29 is 23.4 Å². The molecule has 0 unspecified atom stereocenters. The van der Waals surface area contributed by atoms with Crippen molar-refractivity contribution in [3.8, 4) is 35.0 Å². The van der Waals surface area contributed by atoms with Gasteiger partial charge in [0.05, 0.1) is 47.6 Å². The fourth-order valence-electron chi connectivity index (χ4n) is 4.55. The third kappa shape index (κ3) is 5.92. The molecule has 3 aromatic carbocycles.